The number of likely N-dealkylation sites (tertiary alicyclic amines) is 1. The van der Waals surface area contributed by atoms with E-state index in [-0.39, 0.29) is 24.5 Å². The number of ether oxygens (including phenoxy) is 5. The van der Waals surface area contributed by atoms with Crippen molar-refractivity contribution in [3.63, 3.8) is 0 Å². The molecule has 3 aliphatic heterocycles. The molecule has 3 saturated heterocycles. The van der Waals surface area contributed by atoms with E-state index in [1.54, 1.807) is 27.7 Å². The Morgan fingerprint density at radius 3 is 2.45 bits per heavy atom. The van der Waals surface area contributed by atoms with Gasteiger partial charge in [0.1, 0.15) is 0 Å². The summed E-state index contributed by atoms with van der Waals surface area (Å²) in [6.07, 6.45) is -0.521. The first kappa shape index (κ1) is 22.4. The molecule has 3 heterocycles. The van der Waals surface area contributed by atoms with Crippen molar-refractivity contribution in [3.05, 3.63) is 0 Å². The first-order valence-corrected chi connectivity index (χ1v) is 10.4. The third kappa shape index (κ3) is 5.08. The van der Waals surface area contributed by atoms with Gasteiger partial charge in [0.05, 0.1) is 19.1 Å². The number of piperidine rings is 1. The molecule has 3 aliphatic rings. The summed E-state index contributed by atoms with van der Waals surface area (Å²) in [4.78, 5) is 26.2. The Hall–Kier alpha value is -1.26. The number of nitrogens with two attached hydrogens (primary N) is 1. The monoisotopic (exact) mass is 414 g/mol. The van der Waals surface area contributed by atoms with Gasteiger partial charge in [-0.25, -0.2) is 0 Å². The summed E-state index contributed by atoms with van der Waals surface area (Å²) in [6.45, 7) is 10.6. The number of fused-ring (bicyclic) bond motifs is 1. The van der Waals surface area contributed by atoms with E-state index in [4.69, 9.17) is 29.4 Å². The van der Waals surface area contributed by atoms with Gasteiger partial charge < -0.3 is 29.4 Å². The molecule has 9 heteroatoms. The average Bonchev–Trinajstić information content (AvgIpc) is 2.89. The minimum absolute atomic E-state index is 0.0553. The second-order valence-electron chi connectivity index (χ2n) is 8.98. The molecule has 0 radical (unpaired) electrons. The number of carbonyl (C=O) groups excluding carboxylic acids is 2. The van der Waals surface area contributed by atoms with Crippen molar-refractivity contribution in [2.24, 2.45) is 11.7 Å². The van der Waals surface area contributed by atoms with E-state index in [9.17, 15) is 9.59 Å². The fraction of sp³-hybridized carbons (Fsp3) is 0.900. The van der Waals surface area contributed by atoms with Crippen molar-refractivity contribution < 1.29 is 33.3 Å². The van der Waals surface area contributed by atoms with Crippen LogP contribution in [0.2, 0.25) is 0 Å². The lowest BCUT2D eigenvalue weighted by molar-refractivity contribution is -0.301. The van der Waals surface area contributed by atoms with Crippen LogP contribution in [0, 0.1) is 5.92 Å². The Morgan fingerprint density at radius 1 is 1.21 bits per heavy atom. The Bertz CT molecular complexity index is 618. The molecule has 0 bridgehead atoms. The smallest absolute Gasteiger partial charge is 0.308 e. The summed E-state index contributed by atoms with van der Waals surface area (Å²) >= 11 is 0. The van der Waals surface area contributed by atoms with E-state index < -0.39 is 35.9 Å². The first-order valence-electron chi connectivity index (χ1n) is 10.4. The molecule has 0 amide bonds. The maximum Gasteiger partial charge on any atom is 0.308 e. The van der Waals surface area contributed by atoms with Gasteiger partial charge in [0, 0.05) is 13.0 Å². The van der Waals surface area contributed by atoms with E-state index in [2.05, 4.69) is 4.90 Å². The van der Waals surface area contributed by atoms with Gasteiger partial charge in [-0.1, -0.05) is 13.8 Å². The summed E-state index contributed by atoms with van der Waals surface area (Å²) in [5.74, 6) is -3.23. The Labute approximate surface area is 172 Å². The summed E-state index contributed by atoms with van der Waals surface area (Å²) in [5, 5.41) is 0. The van der Waals surface area contributed by atoms with Crippen molar-refractivity contribution in [1.29, 1.82) is 0 Å². The van der Waals surface area contributed by atoms with Crippen molar-refractivity contribution >= 4 is 11.9 Å². The highest BCUT2D eigenvalue weighted by Crippen LogP contribution is 2.44. The highest BCUT2D eigenvalue weighted by atomic mass is 16.9. The molecule has 0 aliphatic carbocycles. The number of nitrogens with zero attached hydrogens (tertiary/aromatic N) is 1. The van der Waals surface area contributed by atoms with Gasteiger partial charge in [0.2, 0.25) is 5.79 Å². The second kappa shape index (κ2) is 8.47. The molecule has 0 saturated carbocycles. The van der Waals surface area contributed by atoms with Crippen LogP contribution < -0.4 is 5.73 Å². The standard InChI is InChI=1S/C20H34N2O7/c1-12(2)18(24)27-15-10-25-20(11-22-8-6-14(21)7-9-22)17(16(15)26-13(3)23)28-19(4,5)29-20/h12,14-17H,6-11,21H2,1-5H3/t15-,16-,17+,20+/m1/s1. The van der Waals surface area contributed by atoms with Crippen LogP contribution in [0.25, 0.3) is 0 Å². The van der Waals surface area contributed by atoms with Crippen molar-refractivity contribution in [3.8, 4) is 0 Å². The average molecular weight is 414 g/mol. The minimum atomic E-state index is -1.12. The van der Waals surface area contributed by atoms with E-state index >= 15 is 0 Å². The van der Waals surface area contributed by atoms with Gasteiger partial charge in [-0.15, -0.1) is 0 Å². The van der Waals surface area contributed by atoms with Crippen LogP contribution >= 0.6 is 0 Å². The van der Waals surface area contributed by atoms with Crippen LogP contribution in [-0.4, -0.2) is 79.0 Å². The van der Waals surface area contributed by atoms with Crippen molar-refractivity contribution in [2.75, 3.05) is 26.2 Å². The number of hydrogen-bond acceptors (Lipinski definition) is 9. The minimum Gasteiger partial charge on any atom is -0.456 e. The Kier molecular flexibility index (Phi) is 6.55. The van der Waals surface area contributed by atoms with E-state index in [0.717, 1.165) is 25.9 Å². The van der Waals surface area contributed by atoms with Crippen molar-refractivity contribution in [1.82, 2.24) is 4.90 Å². The zero-order valence-corrected chi connectivity index (χ0v) is 18.0. The van der Waals surface area contributed by atoms with E-state index in [0.29, 0.717) is 6.54 Å². The molecule has 0 aromatic heterocycles. The maximum atomic E-state index is 12.2. The molecule has 2 N–H and O–H groups in total. The molecule has 0 aromatic rings. The fourth-order valence-corrected chi connectivity index (χ4v) is 4.14. The SMILES string of the molecule is CC(=O)O[C@@H]1[C@H](OC(=O)C(C)C)CO[C@@]2(CN3CCC(N)CC3)OC(C)(C)O[C@@H]12. The number of rotatable bonds is 5. The normalized spacial score (nSPS) is 35.3. The predicted octanol–water partition coefficient (Wildman–Crippen LogP) is 0.787. The lowest BCUT2D eigenvalue weighted by Crippen LogP contribution is -2.65. The van der Waals surface area contributed by atoms with Gasteiger partial charge >= 0.3 is 11.9 Å². The molecule has 0 spiro atoms. The maximum absolute atomic E-state index is 12.2. The fourth-order valence-electron chi connectivity index (χ4n) is 4.14. The summed E-state index contributed by atoms with van der Waals surface area (Å²) in [6, 6.07) is 0.206. The molecule has 3 fully saturated rings. The van der Waals surface area contributed by atoms with Gasteiger partial charge in [-0.2, -0.15) is 0 Å². The molecule has 4 atom stereocenters. The lowest BCUT2D eigenvalue weighted by Gasteiger charge is -2.46. The van der Waals surface area contributed by atoms with Crippen LogP contribution in [0.15, 0.2) is 0 Å². The van der Waals surface area contributed by atoms with Gasteiger partial charge in [-0.3, -0.25) is 14.5 Å². The van der Waals surface area contributed by atoms with Crippen molar-refractivity contribution in [2.45, 2.75) is 83.4 Å². The number of hydrogen-bond donors (Lipinski definition) is 1. The third-order valence-electron chi connectivity index (χ3n) is 5.54. The zero-order valence-electron chi connectivity index (χ0n) is 18.0. The molecule has 0 aromatic carbocycles. The molecule has 3 rings (SSSR count). The lowest BCUT2D eigenvalue weighted by atomic mass is 9.94. The number of carbonyl (C=O) groups is 2. The molecular formula is C20H34N2O7. The summed E-state index contributed by atoms with van der Waals surface area (Å²) < 4.78 is 29.7. The van der Waals surface area contributed by atoms with Crippen LogP contribution in [0.4, 0.5) is 0 Å². The quantitative estimate of drug-likeness (QED) is 0.653. The zero-order chi connectivity index (χ0) is 21.4. The molecule has 29 heavy (non-hydrogen) atoms. The van der Waals surface area contributed by atoms with Crippen LogP contribution in [0.5, 0.6) is 0 Å². The van der Waals surface area contributed by atoms with Gasteiger partial charge in [0.25, 0.3) is 0 Å². The van der Waals surface area contributed by atoms with Gasteiger partial charge in [0.15, 0.2) is 24.1 Å². The van der Waals surface area contributed by atoms with E-state index in [1.165, 1.54) is 6.92 Å². The largest absolute Gasteiger partial charge is 0.456 e. The first-order chi connectivity index (χ1) is 13.5. The predicted molar refractivity (Wildman–Crippen MR) is 103 cm³/mol. The molecule has 166 valence electrons. The highest BCUT2D eigenvalue weighted by Gasteiger charge is 2.64. The Morgan fingerprint density at radius 2 is 1.86 bits per heavy atom. The topological polar surface area (TPSA) is 110 Å². The third-order valence-corrected chi connectivity index (χ3v) is 5.54. The second-order valence-corrected chi connectivity index (χ2v) is 8.98. The van der Waals surface area contributed by atoms with Crippen LogP contribution in [0.1, 0.15) is 47.5 Å². The van der Waals surface area contributed by atoms with E-state index in [1.807, 2.05) is 0 Å². The van der Waals surface area contributed by atoms with Crippen LogP contribution in [0.3, 0.4) is 0 Å². The molecule has 0 unspecified atom stereocenters. The number of esters is 2. The molecule has 9 nitrogen and oxygen atoms in total. The summed E-state index contributed by atoms with van der Waals surface area (Å²) in [5.41, 5.74) is 6.02. The summed E-state index contributed by atoms with van der Waals surface area (Å²) in [7, 11) is 0. The van der Waals surface area contributed by atoms with Crippen LogP contribution in [-0.2, 0) is 33.3 Å². The van der Waals surface area contributed by atoms with Gasteiger partial charge in [-0.05, 0) is 39.8 Å². The molecular weight excluding hydrogens is 380 g/mol. The Balaban J connectivity index is 1.84. The highest BCUT2D eigenvalue weighted by molar-refractivity contribution is 5.72.